The van der Waals surface area contributed by atoms with Gasteiger partial charge in [0.2, 0.25) is 0 Å². The molecule has 0 aliphatic carbocycles. The summed E-state index contributed by atoms with van der Waals surface area (Å²) in [5.41, 5.74) is 1.25. The number of fused-ring (bicyclic) bond motifs is 1. The molecule has 1 aromatic carbocycles. The molecular weight excluding hydrogens is 182 g/mol. The van der Waals surface area contributed by atoms with Crippen molar-refractivity contribution in [3.8, 4) is 0 Å². The molecule has 0 bridgehead atoms. The fraction of sp³-hybridized carbons (Fsp3) is 0.100. The quantitative estimate of drug-likeness (QED) is 0.707. The molecule has 0 aliphatic heterocycles. The number of benzene rings is 1. The molecule has 4 heteroatoms. The second kappa shape index (κ2) is 3.06. The second-order valence-corrected chi connectivity index (χ2v) is 3.09. The van der Waals surface area contributed by atoms with Gasteiger partial charge in [0, 0.05) is 11.6 Å². The van der Waals surface area contributed by atoms with Crippen LogP contribution in [0.25, 0.3) is 10.9 Å². The van der Waals surface area contributed by atoms with E-state index in [2.05, 4.69) is 0 Å². The highest BCUT2D eigenvalue weighted by Gasteiger charge is 2.09. The maximum atomic E-state index is 10.5. The minimum atomic E-state index is -0.902. The van der Waals surface area contributed by atoms with Gasteiger partial charge in [-0.2, -0.15) is 4.73 Å². The molecule has 0 fully saturated rings. The van der Waals surface area contributed by atoms with Crippen molar-refractivity contribution >= 4 is 16.9 Å². The molecule has 2 aromatic rings. The molecule has 1 heterocycles. The summed E-state index contributed by atoms with van der Waals surface area (Å²) in [5.74, 6) is -0.902. The number of aliphatic carboxylic acids is 1. The van der Waals surface area contributed by atoms with Crippen molar-refractivity contribution in [2.24, 2.45) is 0 Å². The lowest BCUT2D eigenvalue weighted by molar-refractivity contribution is -0.136. The Hall–Kier alpha value is -1.97. The summed E-state index contributed by atoms with van der Waals surface area (Å²) >= 11 is 0. The number of nitrogens with zero attached hydrogens (tertiary/aromatic N) is 1. The largest absolute Gasteiger partial charge is 0.481 e. The Bertz CT molecular complexity index is 487. The lowest BCUT2D eigenvalue weighted by Gasteiger charge is -1.93. The Labute approximate surface area is 80.0 Å². The van der Waals surface area contributed by atoms with Gasteiger partial charge in [0.25, 0.3) is 0 Å². The summed E-state index contributed by atoms with van der Waals surface area (Å²) in [4.78, 5) is 10.5. The third-order valence-electron chi connectivity index (χ3n) is 2.12. The predicted molar refractivity (Wildman–Crippen MR) is 50.5 cm³/mol. The van der Waals surface area contributed by atoms with E-state index in [1.54, 1.807) is 18.2 Å². The van der Waals surface area contributed by atoms with Gasteiger partial charge in [-0.25, -0.2) is 0 Å². The number of carboxylic acids is 1. The third-order valence-corrected chi connectivity index (χ3v) is 2.12. The molecule has 2 N–H and O–H groups in total. The van der Waals surface area contributed by atoms with Gasteiger partial charge in [-0.3, -0.25) is 4.79 Å². The molecule has 0 saturated carbocycles. The standard InChI is InChI=1S/C10H9NO3/c12-10(13)5-7-6-11(14)9-4-2-1-3-8(7)9/h1-4,6,14H,5H2,(H,12,13). The Morgan fingerprint density at radius 3 is 2.79 bits per heavy atom. The molecule has 0 saturated heterocycles. The summed E-state index contributed by atoms with van der Waals surface area (Å²) < 4.78 is 0.952. The summed E-state index contributed by atoms with van der Waals surface area (Å²) in [5, 5.41) is 18.8. The molecule has 72 valence electrons. The number of rotatable bonds is 2. The Morgan fingerprint density at radius 2 is 2.07 bits per heavy atom. The number of carbonyl (C=O) groups is 1. The van der Waals surface area contributed by atoms with Gasteiger partial charge in [0.05, 0.1) is 11.9 Å². The van der Waals surface area contributed by atoms with Crippen LogP contribution in [0.3, 0.4) is 0 Å². The molecule has 0 spiro atoms. The molecule has 0 radical (unpaired) electrons. The first-order valence-electron chi connectivity index (χ1n) is 4.18. The van der Waals surface area contributed by atoms with Crippen LogP contribution in [-0.2, 0) is 11.2 Å². The van der Waals surface area contributed by atoms with Crippen LogP contribution in [0, 0.1) is 0 Å². The van der Waals surface area contributed by atoms with Crippen molar-refractivity contribution in [1.29, 1.82) is 0 Å². The molecule has 0 atom stereocenters. The summed E-state index contributed by atoms with van der Waals surface area (Å²) in [7, 11) is 0. The van der Waals surface area contributed by atoms with Crippen LogP contribution in [0.4, 0.5) is 0 Å². The van der Waals surface area contributed by atoms with E-state index in [9.17, 15) is 10.0 Å². The maximum Gasteiger partial charge on any atom is 0.307 e. The van der Waals surface area contributed by atoms with E-state index in [-0.39, 0.29) is 6.42 Å². The topological polar surface area (TPSA) is 62.5 Å². The lowest BCUT2D eigenvalue weighted by atomic mass is 10.1. The predicted octanol–water partition coefficient (Wildman–Crippen LogP) is 1.51. The minimum Gasteiger partial charge on any atom is -0.481 e. The highest BCUT2D eigenvalue weighted by atomic mass is 16.5. The number of aromatic nitrogens is 1. The van der Waals surface area contributed by atoms with E-state index in [1.807, 2.05) is 6.07 Å². The van der Waals surface area contributed by atoms with Gasteiger partial charge in [-0.1, -0.05) is 18.2 Å². The molecular formula is C10H9NO3. The van der Waals surface area contributed by atoms with Crippen molar-refractivity contribution in [3.05, 3.63) is 36.0 Å². The normalized spacial score (nSPS) is 10.6. The molecule has 14 heavy (non-hydrogen) atoms. The molecule has 0 unspecified atom stereocenters. The molecule has 1 aromatic heterocycles. The second-order valence-electron chi connectivity index (χ2n) is 3.09. The summed E-state index contributed by atoms with van der Waals surface area (Å²) in [6.07, 6.45) is 1.35. The first-order valence-corrected chi connectivity index (χ1v) is 4.18. The lowest BCUT2D eigenvalue weighted by Crippen LogP contribution is -1.98. The van der Waals surface area contributed by atoms with Crippen molar-refractivity contribution in [3.63, 3.8) is 0 Å². The van der Waals surface area contributed by atoms with E-state index in [0.29, 0.717) is 11.1 Å². The zero-order chi connectivity index (χ0) is 10.1. The van der Waals surface area contributed by atoms with Crippen LogP contribution >= 0.6 is 0 Å². The zero-order valence-electron chi connectivity index (χ0n) is 7.34. The van der Waals surface area contributed by atoms with Crippen LogP contribution < -0.4 is 0 Å². The van der Waals surface area contributed by atoms with Gasteiger partial charge >= 0.3 is 5.97 Å². The first kappa shape index (κ1) is 8.62. The van der Waals surface area contributed by atoms with E-state index in [1.165, 1.54) is 6.20 Å². The average Bonchev–Trinajstić information content (AvgIpc) is 2.44. The highest BCUT2D eigenvalue weighted by molar-refractivity contribution is 5.87. The van der Waals surface area contributed by atoms with Crippen molar-refractivity contribution < 1.29 is 15.1 Å². The Morgan fingerprint density at radius 1 is 1.36 bits per heavy atom. The zero-order valence-corrected chi connectivity index (χ0v) is 7.34. The van der Waals surface area contributed by atoms with Crippen molar-refractivity contribution in [1.82, 2.24) is 4.73 Å². The SMILES string of the molecule is O=C(O)Cc1cn(O)c2ccccc12. The van der Waals surface area contributed by atoms with Crippen molar-refractivity contribution in [2.75, 3.05) is 0 Å². The summed E-state index contributed by atoms with van der Waals surface area (Å²) in [6, 6.07) is 7.13. The fourth-order valence-corrected chi connectivity index (χ4v) is 1.54. The molecule has 2 rings (SSSR count). The number of hydrogen-bond donors (Lipinski definition) is 2. The Balaban J connectivity index is 2.60. The van der Waals surface area contributed by atoms with Crippen LogP contribution in [0.5, 0.6) is 0 Å². The van der Waals surface area contributed by atoms with Crippen LogP contribution in [0.1, 0.15) is 5.56 Å². The van der Waals surface area contributed by atoms with E-state index < -0.39 is 5.97 Å². The Kier molecular flexibility index (Phi) is 1.89. The van der Waals surface area contributed by atoms with E-state index in [4.69, 9.17) is 5.11 Å². The van der Waals surface area contributed by atoms with Crippen molar-refractivity contribution in [2.45, 2.75) is 6.42 Å². The van der Waals surface area contributed by atoms with Gasteiger partial charge in [-0.05, 0) is 11.6 Å². The number of hydrogen-bond acceptors (Lipinski definition) is 2. The molecule has 0 amide bonds. The monoisotopic (exact) mass is 191 g/mol. The molecule has 0 aliphatic rings. The maximum absolute atomic E-state index is 10.5. The number of para-hydroxylation sites is 1. The summed E-state index contributed by atoms with van der Waals surface area (Å²) in [6.45, 7) is 0. The van der Waals surface area contributed by atoms with Crippen LogP contribution in [0.2, 0.25) is 0 Å². The molecule has 4 nitrogen and oxygen atoms in total. The van der Waals surface area contributed by atoms with E-state index >= 15 is 0 Å². The van der Waals surface area contributed by atoms with Gasteiger partial charge < -0.3 is 10.3 Å². The third kappa shape index (κ3) is 1.31. The highest BCUT2D eigenvalue weighted by Crippen LogP contribution is 2.20. The van der Waals surface area contributed by atoms with Gasteiger partial charge in [0.1, 0.15) is 0 Å². The van der Waals surface area contributed by atoms with Crippen LogP contribution in [-0.4, -0.2) is 21.0 Å². The fourth-order valence-electron chi connectivity index (χ4n) is 1.54. The van der Waals surface area contributed by atoms with Gasteiger partial charge in [-0.15, -0.1) is 0 Å². The van der Waals surface area contributed by atoms with E-state index in [0.717, 1.165) is 10.1 Å². The van der Waals surface area contributed by atoms with Gasteiger partial charge in [0.15, 0.2) is 0 Å². The number of carboxylic acid groups (broad SMARTS) is 1. The van der Waals surface area contributed by atoms with Crippen LogP contribution in [0.15, 0.2) is 30.5 Å². The average molecular weight is 191 g/mol. The smallest absolute Gasteiger partial charge is 0.307 e. The first-order chi connectivity index (χ1) is 6.68. The minimum absolute atomic E-state index is 0.0753.